The molecule has 2 atom stereocenters. The molecule has 0 saturated heterocycles. The van der Waals surface area contributed by atoms with Crippen molar-refractivity contribution in [3.63, 3.8) is 0 Å². The number of furan rings is 1. The van der Waals surface area contributed by atoms with Crippen LogP contribution in [0.3, 0.4) is 0 Å². The van der Waals surface area contributed by atoms with Gasteiger partial charge in [0.25, 0.3) is 0 Å². The Morgan fingerprint density at radius 3 is 2.76 bits per heavy atom. The molecule has 0 saturated carbocycles. The Labute approximate surface area is 103 Å². The third-order valence-corrected chi connectivity index (χ3v) is 2.75. The van der Waals surface area contributed by atoms with Gasteiger partial charge in [0.2, 0.25) is 5.91 Å². The lowest BCUT2D eigenvalue weighted by Crippen LogP contribution is -2.41. The van der Waals surface area contributed by atoms with Gasteiger partial charge < -0.3 is 15.5 Å². The Kier molecular flexibility index (Phi) is 5.22. The number of carbonyl (C=O) groups excluding carboxylic acids is 1. The quantitative estimate of drug-likeness (QED) is 0.799. The highest BCUT2D eigenvalue weighted by atomic mass is 16.3. The number of rotatable bonds is 6. The van der Waals surface area contributed by atoms with Crippen molar-refractivity contribution in [1.82, 2.24) is 5.32 Å². The lowest BCUT2D eigenvalue weighted by atomic mass is 10.1. The van der Waals surface area contributed by atoms with Crippen LogP contribution in [0.15, 0.2) is 16.5 Å². The first-order chi connectivity index (χ1) is 8.04. The molecule has 0 bridgehead atoms. The van der Waals surface area contributed by atoms with Crippen LogP contribution in [-0.2, 0) is 4.79 Å². The molecule has 2 unspecified atom stereocenters. The van der Waals surface area contributed by atoms with Crippen molar-refractivity contribution < 1.29 is 9.21 Å². The Hall–Kier alpha value is -1.29. The summed E-state index contributed by atoms with van der Waals surface area (Å²) in [6, 6.07) is 3.20. The van der Waals surface area contributed by atoms with Gasteiger partial charge in [0.15, 0.2) is 0 Å². The van der Waals surface area contributed by atoms with Crippen LogP contribution in [-0.4, -0.2) is 11.9 Å². The maximum Gasteiger partial charge on any atom is 0.237 e. The Morgan fingerprint density at radius 2 is 2.24 bits per heavy atom. The topological polar surface area (TPSA) is 68.3 Å². The molecular formula is C13H22N2O2. The van der Waals surface area contributed by atoms with Crippen molar-refractivity contribution in [3.8, 4) is 0 Å². The second-order valence-electron chi connectivity index (χ2n) is 4.43. The number of carbonyl (C=O) groups is 1. The van der Waals surface area contributed by atoms with Gasteiger partial charge >= 0.3 is 0 Å². The number of unbranched alkanes of at least 4 members (excludes halogenated alkanes) is 1. The third-order valence-electron chi connectivity index (χ3n) is 2.75. The first-order valence-electron chi connectivity index (χ1n) is 6.17. The summed E-state index contributed by atoms with van der Waals surface area (Å²) >= 11 is 0. The molecule has 0 radical (unpaired) electrons. The summed E-state index contributed by atoms with van der Waals surface area (Å²) in [7, 11) is 0. The van der Waals surface area contributed by atoms with Crippen LogP contribution in [0.2, 0.25) is 0 Å². The van der Waals surface area contributed by atoms with Crippen LogP contribution >= 0.6 is 0 Å². The molecule has 3 N–H and O–H groups in total. The fourth-order valence-electron chi connectivity index (χ4n) is 1.63. The van der Waals surface area contributed by atoms with Crippen molar-refractivity contribution in [2.75, 3.05) is 0 Å². The average molecular weight is 238 g/mol. The number of aryl methyl sites for hydroxylation is 1. The Balaban J connectivity index is 2.45. The molecule has 0 aliphatic rings. The molecule has 0 spiro atoms. The smallest absolute Gasteiger partial charge is 0.237 e. The highest BCUT2D eigenvalue weighted by Crippen LogP contribution is 2.15. The normalized spacial score (nSPS) is 14.4. The summed E-state index contributed by atoms with van der Waals surface area (Å²) in [5.41, 5.74) is 5.79. The van der Waals surface area contributed by atoms with E-state index in [4.69, 9.17) is 10.2 Å². The van der Waals surface area contributed by atoms with Gasteiger partial charge in [-0.05, 0) is 32.4 Å². The standard InChI is InChI=1S/C13H22N2O2/c1-4-5-6-11(14)13(16)15-10(3)12-8-7-9(2)17-12/h7-8,10-11H,4-6,14H2,1-3H3,(H,15,16). The van der Waals surface area contributed by atoms with E-state index in [1.807, 2.05) is 26.0 Å². The molecule has 4 heteroatoms. The third kappa shape index (κ3) is 4.23. The van der Waals surface area contributed by atoms with Gasteiger partial charge in [-0.1, -0.05) is 19.8 Å². The zero-order valence-corrected chi connectivity index (χ0v) is 10.8. The fourth-order valence-corrected chi connectivity index (χ4v) is 1.63. The summed E-state index contributed by atoms with van der Waals surface area (Å²) in [5.74, 6) is 1.50. The lowest BCUT2D eigenvalue weighted by molar-refractivity contribution is -0.123. The molecule has 1 aromatic rings. The van der Waals surface area contributed by atoms with E-state index in [-0.39, 0.29) is 11.9 Å². The Morgan fingerprint density at radius 1 is 1.53 bits per heavy atom. The minimum atomic E-state index is -0.423. The van der Waals surface area contributed by atoms with Crippen LogP contribution < -0.4 is 11.1 Å². The maximum atomic E-state index is 11.8. The van der Waals surface area contributed by atoms with E-state index < -0.39 is 6.04 Å². The maximum absolute atomic E-state index is 11.8. The Bertz CT molecular complexity index is 360. The predicted molar refractivity (Wildman–Crippen MR) is 67.5 cm³/mol. The number of nitrogens with two attached hydrogens (primary N) is 1. The largest absolute Gasteiger partial charge is 0.464 e. The second-order valence-corrected chi connectivity index (χ2v) is 4.43. The summed E-state index contributed by atoms with van der Waals surface area (Å²) in [6.45, 7) is 5.85. The van der Waals surface area contributed by atoms with Crippen molar-refractivity contribution >= 4 is 5.91 Å². The van der Waals surface area contributed by atoms with Gasteiger partial charge in [0, 0.05) is 0 Å². The monoisotopic (exact) mass is 238 g/mol. The van der Waals surface area contributed by atoms with Crippen LogP contribution in [0, 0.1) is 6.92 Å². The van der Waals surface area contributed by atoms with E-state index in [1.54, 1.807) is 0 Å². The minimum absolute atomic E-state index is 0.111. The molecule has 0 aliphatic carbocycles. The van der Waals surface area contributed by atoms with Crippen molar-refractivity contribution in [3.05, 3.63) is 23.7 Å². The molecule has 1 rings (SSSR count). The van der Waals surface area contributed by atoms with E-state index in [2.05, 4.69) is 12.2 Å². The zero-order valence-electron chi connectivity index (χ0n) is 10.8. The van der Waals surface area contributed by atoms with Gasteiger partial charge in [0.1, 0.15) is 11.5 Å². The minimum Gasteiger partial charge on any atom is -0.464 e. The van der Waals surface area contributed by atoms with E-state index in [1.165, 1.54) is 0 Å². The molecule has 0 fully saturated rings. The number of nitrogens with one attached hydrogen (secondary N) is 1. The van der Waals surface area contributed by atoms with Crippen LogP contribution in [0.25, 0.3) is 0 Å². The van der Waals surface area contributed by atoms with Gasteiger partial charge in [0.05, 0.1) is 12.1 Å². The number of hydrogen-bond donors (Lipinski definition) is 2. The van der Waals surface area contributed by atoms with Gasteiger partial charge in [-0.25, -0.2) is 0 Å². The SMILES string of the molecule is CCCCC(N)C(=O)NC(C)c1ccc(C)o1. The molecule has 96 valence electrons. The van der Waals surface area contributed by atoms with Gasteiger partial charge in [-0.3, -0.25) is 4.79 Å². The van der Waals surface area contributed by atoms with E-state index in [0.29, 0.717) is 0 Å². The molecular weight excluding hydrogens is 216 g/mol. The summed E-state index contributed by atoms with van der Waals surface area (Å²) in [4.78, 5) is 11.8. The summed E-state index contributed by atoms with van der Waals surface area (Å²) in [6.07, 6.45) is 2.75. The lowest BCUT2D eigenvalue weighted by Gasteiger charge is -2.15. The zero-order chi connectivity index (χ0) is 12.8. The molecule has 4 nitrogen and oxygen atoms in total. The second kappa shape index (κ2) is 6.45. The van der Waals surface area contributed by atoms with Crippen molar-refractivity contribution in [2.45, 2.75) is 52.1 Å². The van der Waals surface area contributed by atoms with E-state index >= 15 is 0 Å². The van der Waals surface area contributed by atoms with Gasteiger partial charge in [-0.2, -0.15) is 0 Å². The first kappa shape index (κ1) is 13.8. The highest BCUT2D eigenvalue weighted by molar-refractivity contribution is 5.81. The van der Waals surface area contributed by atoms with Crippen LogP contribution in [0.1, 0.15) is 50.7 Å². The number of hydrogen-bond acceptors (Lipinski definition) is 3. The number of amides is 1. The highest BCUT2D eigenvalue weighted by Gasteiger charge is 2.17. The predicted octanol–water partition coefficient (Wildman–Crippen LogP) is 2.28. The van der Waals surface area contributed by atoms with Crippen molar-refractivity contribution in [1.29, 1.82) is 0 Å². The molecule has 17 heavy (non-hydrogen) atoms. The van der Waals surface area contributed by atoms with Crippen molar-refractivity contribution in [2.24, 2.45) is 5.73 Å². The molecule has 1 heterocycles. The molecule has 0 aromatic carbocycles. The van der Waals surface area contributed by atoms with Crippen LogP contribution in [0.5, 0.6) is 0 Å². The fraction of sp³-hybridized carbons (Fsp3) is 0.615. The first-order valence-corrected chi connectivity index (χ1v) is 6.17. The van der Waals surface area contributed by atoms with Gasteiger partial charge in [-0.15, -0.1) is 0 Å². The molecule has 0 aliphatic heterocycles. The summed E-state index contributed by atoms with van der Waals surface area (Å²) in [5, 5.41) is 2.86. The van der Waals surface area contributed by atoms with E-state index in [9.17, 15) is 4.79 Å². The molecule has 1 aromatic heterocycles. The van der Waals surface area contributed by atoms with E-state index in [0.717, 1.165) is 30.8 Å². The summed E-state index contributed by atoms with van der Waals surface area (Å²) < 4.78 is 5.45. The molecule has 1 amide bonds. The average Bonchev–Trinajstić information content (AvgIpc) is 2.72. The van der Waals surface area contributed by atoms with Crippen LogP contribution in [0.4, 0.5) is 0 Å².